The van der Waals surface area contributed by atoms with Crippen molar-refractivity contribution in [2.45, 2.75) is 76.3 Å². The molecule has 6 rings (SSSR count). The van der Waals surface area contributed by atoms with Gasteiger partial charge < -0.3 is 4.90 Å². The zero-order valence-electron chi connectivity index (χ0n) is 21.2. The largest absolute Gasteiger partial charge is 0.337 e. The van der Waals surface area contributed by atoms with E-state index in [2.05, 4.69) is 30.7 Å². The van der Waals surface area contributed by atoms with Gasteiger partial charge in [0.05, 0.1) is 4.90 Å². The number of amides is 1. The molecule has 4 bridgehead atoms. The highest BCUT2D eigenvalue weighted by Crippen LogP contribution is 2.61. The molecule has 5 nitrogen and oxygen atoms in total. The third kappa shape index (κ3) is 4.92. The van der Waals surface area contributed by atoms with Crippen LogP contribution in [0.25, 0.3) is 0 Å². The van der Waals surface area contributed by atoms with Gasteiger partial charge in [-0.15, -0.1) is 0 Å². The van der Waals surface area contributed by atoms with Crippen LogP contribution in [-0.4, -0.2) is 32.3 Å². The third-order valence-corrected chi connectivity index (χ3v) is 10.5. The van der Waals surface area contributed by atoms with Gasteiger partial charge in [-0.1, -0.05) is 37.3 Å². The van der Waals surface area contributed by atoms with E-state index >= 15 is 0 Å². The Morgan fingerprint density at radius 3 is 2.14 bits per heavy atom. The summed E-state index contributed by atoms with van der Waals surface area (Å²) in [6, 6.07) is 14.6. The molecule has 4 fully saturated rings. The molecule has 1 atom stereocenters. The molecule has 0 radical (unpaired) electrons. The second-order valence-corrected chi connectivity index (χ2v) is 13.2. The Kier molecular flexibility index (Phi) is 6.56. The maximum Gasteiger partial charge on any atom is 0.253 e. The van der Waals surface area contributed by atoms with Crippen LogP contribution in [0.5, 0.6) is 0 Å². The van der Waals surface area contributed by atoms with Crippen LogP contribution >= 0.6 is 0 Å². The van der Waals surface area contributed by atoms with Crippen molar-refractivity contribution in [3.05, 3.63) is 65.2 Å². The molecule has 0 aliphatic heterocycles. The van der Waals surface area contributed by atoms with Crippen molar-refractivity contribution < 1.29 is 13.2 Å². The predicted octanol–water partition coefficient (Wildman–Crippen LogP) is 5.40. The fraction of sp³-hybridized carbons (Fsp3) is 0.552. The molecule has 0 aromatic heterocycles. The summed E-state index contributed by atoms with van der Waals surface area (Å²) in [6.45, 7) is 4.64. The average Bonchev–Trinajstić information content (AvgIpc) is 2.83. The molecule has 2 aromatic rings. The molecule has 0 heterocycles. The number of nitrogens with zero attached hydrogens (tertiary/aromatic N) is 1. The Morgan fingerprint density at radius 1 is 1.00 bits per heavy atom. The normalized spacial score (nSPS) is 28.1. The summed E-state index contributed by atoms with van der Waals surface area (Å²) in [5, 5.41) is 0. The van der Waals surface area contributed by atoms with E-state index in [1.165, 1.54) is 30.9 Å². The summed E-state index contributed by atoms with van der Waals surface area (Å²) in [4.78, 5) is 14.9. The molecule has 6 heteroatoms. The smallest absolute Gasteiger partial charge is 0.253 e. The molecule has 1 amide bonds. The van der Waals surface area contributed by atoms with Gasteiger partial charge in [-0.3, -0.25) is 4.79 Å². The molecule has 35 heavy (non-hydrogen) atoms. The lowest BCUT2D eigenvalue weighted by Gasteiger charge is -2.59. The van der Waals surface area contributed by atoms with Crippen LogP contribution in [0.15, 0.2) is 53.4 Å². The Bertz CT molecular complexity index is 1150. The SMILES string of the molecule is CCc1ccc(CN(C)C(=O)c2cccc(S(=O)(=O)N[C@@H](C)C34CC5CC(CC(C5)C3)C4)c2)cc1. The number of hydrogen-bond acceptors (Lipinski definition) is 3. The standard InChI is InChI=1S/C29H38N2O3S/c1-4-21-8-10-22(11-9-21)19-31(3)28(32)26-6-5-7-27(15-26)35(33,34)30-20(2)29-16-23-12-24(17-29)14-25(13-23)18-29/h5-11,15,20,23-25,30H,4,12-14,16-19H2,1-3H3/t20-,23?,24?,25?,29?/m0/s1. The zero-order valence-corrected chi connectivity index (χ0v) is 22.0. The van der Waals surface area contributed by atoms with Gasteiger partial charge >= 0.3 is 0 Å². The number of benzene rings is 2. The summed E-state index contributed by atoms with van der Waals surface area (Å²) >= 11 is 0. The fourth-order valence-electron chi connectivity index (χ4n) is 7.38. The molecule has 4 aliphatic carbocycles. The van der Waals surface area contributed by atoms with E-state index in [4.69, 9.17) is 0 Å². The zero-order chi connectivity index (χ0) is 24.8. The summed E-state index contributed by atoms with van der Waals surface area (Å²) in [5.41, 5.74) is 2.79. The van der Waals surface area contributed by atoms with E-state index in [9.17, 15) is 13.2 Å². The first-order chi connectivity index (χ1) is 16.7. The molecule has 2 aromatic carbocycles. The molecular formula is C29H38N2O3S. The molecule has 0 saturated heterocycles. The van der Waals surface area contributed by atoms with Crippen molar-refractivity contribution in [3.8, 4) is 0 Å². The van der Waals surface area contributed by atoms with Gasteiger partial charge in [-0.25, -0.2) is 13.1 Å². The summed E-state index contributed by atoms with van der Waals surface area (Å²) in [7, 11) is -1.97. The van der Waals surface area contributed by atoms with Crippen LogP contribution in [-0.2, 0) is 23.0 Å². The lowest BCUT2D eigenvalue weighted by Crippen LogP contribution is -2.55. The number of sulfonamides is 1. The highest BCUT2D eigenvalue weighted by molar-refractivity contribution is 7.89. The summed E-state index contributed by atoms with van der Waals surface area (Å²) < 4.78 is 29.8. The summed E-state index contributed by atoms with van der Waals surface area (Å²) in [6.07, 6.45) is 8.41. The van der Waals surface area contributed by atoms with Gasteiger partial charge in [0.1, 0.15) is 0 Å². The quantitative estimate of drug-likeness (QED) is 0.534. The Labute approximate surface area is 210 Å². The minimum atomic E-state index is -3.72. The molecule has 4 saturated carbocycles. The Balaban J connectivity index is 1.28. The van der Waals surface area contributed by atoms with E-state index < -0.39 is 10.0 Å². The minimum absolute atomic E-state index is 0.0861. The van der Waals surface area contributed by atoms with Crippen molar-refractivity contribution in [2.75, 3.05) is 7.05 Å². The van der Waals surface area contributed by atoms with Crippen molar-refractivity contribution in [3.63, 3.8) is 0 Å². The number of carbonyl (C=O) groups excluding carboxylic acids is 1. The van der Waals surface area contributed by atoms with E-state index in [0.29, 0.717) is 12.1 Å². The molecular weight excluding hydrogens is 456 g/mol. The number of aryl methyl sites for hydroxylation is 1. The van der Waals surface area contributed by atoms with Gasteiger partial charge in [-0.2, -0.15) is 0 Å². The number of hydrogen-bond donors (Lipinski definition) is 1. The maximum atomic E-state index is 13.4. The van der Waals surface area contributed by atoms with E-state index in [-0.39, 0.29) is 22.3 Å². The summed E-state index contributed by atoms with van der Waals surface area (Å²) in [5.74, 6) is 2.12. The molecule has 0 unspecified atom stereocenters. The highest BCUT2D eigenvalue weighted by Gasteiger charge is 2.53. The van der Waals surface area contributed by atoms with Crippen LogP contribution in [0.3, 0.4) is 0 Å². The third-order valence-electron chi connectivity index (χ3n) is 8.93. The molecule has 4 aliphatic rings. The number of nitrogens with one attached hydrogen (secondary N) is 1. The van der Waals surface area contributed by atoms with Crippen LogP contribution < -0.4 is 4.72 Å². The highest BCUT2D eigenvalue weighted by atomic mass is 32.2. The topological polar surface area (TPSA) is 66.5 Å². The first-order valence-corrected chi connectivity index (χ1v) is 14.6. The Hall–Kier alpha value is -2.18. The second kappa shape index (κ2) is 9.36. The van der Waals surface area contributed by atoms with Gasteiger partial charge in [0.25, 0.3) is 5.91 Å². The first-order valence-electron chi connectivity index (χ1n) is 13.1. The van der Waals surface area contributed by atoms with Crippen molar-refractivity contribution in [2.24, 2.45) is 23.2 Å². The fourth-order valence-corrected chi connectivity index (χ4v) is 8.77. The van der Waals surface area contributed by atoms with E-state index in [1.54, 1.807) is 30.1 Å². The van der Waals surface area contributed by atoms with Crippen LogP contribution in [0.2, 0.25) is 0 Å². The van der Waals surface area contributed by atoms with Gasteiger partial charge in [-0.05, 0) is 104 Å². The van der Waals surface area contributed by atoms with Crippen molar-refractivity contribution in [1.82, 2.24) is 9.62 Å². The van der Waals surface area contributed by atoms with Crippen LogP contribution in [0.4, 0.5) is 0 Å². The van der Waals surface area contributed by atoms with Crippen LogP contribution in [0, 0.1) is 23.2 Å². The predicted molar refractivity (Wildman–Crippen MR) is 138 cm³/mol. The molecule has 1 N–H and O–H groups in total. The first kappa shape index (κ1) is 24.5. The Morgan fingerprint density at radius 2 is 1.57 bits per heavy atom. The van der Waals surface area contributed by atoms with E-state index in [1.807, 2.05) is 12.1 Å². The van der Waals surface area contributed by atoms with E-state index in [0.717, 1.165) is 49.0 Å². The average molecular weight is 495 g/mol. The van der Waals surface area contributed by atoms with Crippen LogP contribution in [0.1, 0.15) is 73.9 Å². The molecule has 0 spiro atoms. The van der Waals surface area contributed by atoms with Crippen molar-refractivity contribution >= 4 is 15.9 Å². The number of carbonyl (C=O) groups is 1. The van der Waals surface area contributed by atoms with Gasteiger partial charge in [0.15, 0.2) is 0 Å². The van der Waals surface area contributed by atoms with Gasteiger partial charge in [0.2, 0.25) is 10.0 Å². The maximum absolute atomic E-state index is 13.4. The van der Waals surface area contributed by atoms with Crippen molar-refractivity contribution in [1.29, 1.82) is 0 Å². The second-order valence-electron chi connectivity index (χ2n) is 11.5. The monoisotopic (exact) mass is 494 g/mol. The number of rotatable bonds is 8. The molecule has 188 valence electrons. The lowest BCUT2D eigenvalue weighted by molar-refractivity contribution is -0.0666. The minimum Gasteiger partial charge on any atom is -0.337 e. The van der Waals surface area contributed by atoms with Gasteiger partial charge in [0, 0.05) is 25.2 Å². The lowest BCUT2D eigenvalue weighted by atomic mass is 9.48.